The lowest BCUT2D eigenvalue weighted by atomic mass is 9.95. The second kappa shape index (κ2) is 10.6. The molecule has 6 nitrogen and oxygen atoms in total. The van der Waals surface area contributed by atoms with E-state index in [-0.39, 0.29) is 30.2 Å². The summed E-state index contributed by atoms with van der Waals surface area (Å²) < 4.78 is 0. The second-order valence-electron chi connectivity index (χ2n) is 7.10. The number of carbonyl (C=O) groups excluding carboxylic acids is 3. The van der Waals surface area contributed by atoms with Crippen molar-refractivity contribution < 1.29 is 14.4 Å². The fraction of sp³-hybridized carbons (Fsp3) is 0.500. The van der Waals surface area contributed by atoms with Crippen LogP contribution in [0.15, 0.2) is 36.4 Å². The van der Waals surface area contributed by atoms with Crippen molar-refractivity contribution in [1.29, 1.82) is 0 Å². The molecule has 1 aromatic carbocycles. The summed E-state index contributed by atoms with van der Waals surface area (Å²) in [5.41, 5.74) is 0.986. The molecule has 1 heterocycles. The molecule has 0 spiro atoms. The van der Waals surface area contributed by atoms with Crippen LogP contribution in [0.3, 0.4) is 0 Å². The maximum absolute atomic E-state index is 12.7. The average Bonchev–Trinajstić information content (AvgIpc) is 2.73. The first kappa shape index (κ1) is 21.7. The van der Waals surface area contributed by atoms with E-state index in [0.29, 0.717) is 39.0 Å². The SMILES string of the molecule is CCN(CC)C(=O)CN(C)C(=O)C1CCN(C(=O)/C=C/c2ccccc2)CC1. The molecule has 2 rings (SSSR count). The van der Waals surface area contributed by atoms with Crippen molar-refractivity contribution in [3.8, 4) is 0 Å². The molecule has 1 aliphatic rings. The van der Waals surface area contributed by atoms with E-state index in [1.807, 2.05) is 50.3 Å². The molecule has 28 heavy (non-hydrogen) atoms. The number of amides is 3. The molecule has 0 aliphatic carbocycles. The minimum absolute atomic E-state index is 0.00701. The van der Waals surface area contributed by atoms with Crippen LogP contribution in [0.2, 0.25) is 0 Å². The summed E-state index contributed by atoms with van der Waals surface area (Å²) in [4.78, 5) is 42.3. The number of benzene rings is 1. The monoisotopic (exact) mass is 385 g/mol. The van der Waals surface area contributed by atoms with Crippen molar-refractivity contribution in [1.82, 2.24) is 14.7 Å². The summed E-state index contributed by atoms with van der Waals surface area (Å²) in [6, 6.07) is 9.70. The van der Waals surface area contributed by atoms with Gasteiger partial charge in [0.15, 0.2) is 0 Å². The van der Waals surface area contributed by atoms with Crippen LogP contribution in [-0.4, -0.2) is 72.2 Å². The quantitative estimate of drug-likeness (QED) is 0.677. The van der Waals surface area contributed by atoms with E-state index in [4.69, 9.17) is 0 Å². The molecule has 0 saturated carbocycles. The third kappa shape index (κ3) is 5.94. The lowest BCUT2D eigenvalue weighted by Gasteiger charge is -2.33. The average molecular weight is 386 g/mol. The highest BCUT2D eigenvalue weighted by atomic mass is 16.2. The smallest absolute Gasteiger partial charge is 0.246 e. The molecule has 0 bridgehead atoms. The van der Waals surface area contributed by atoms with Crippen LogP contribution in [-0.2, 0) is 14.4 Å². The third-order valence-corrected chi connectivity index (χ3v) is 5.24. The minimum atomic E-state index is -0.128. The normalized spacial score (nSPS) is 14.9. The number of hydrogen-bond acceptors (Lipinski definition) is 3. The van der Waals surface area contributed by atoms with E-state index in [9.17, 15) is 14.4 Å². The molecule has 1 aromatic rings. The molecular weight excluding hydrogens is 354 g/mol. The van der Waals surface area contributed by atoms with Crippen LogP contribution in [0.4, 0.5) is 0 Å². The number of likely N-dealkylation sites (tertiary alicyclic amines) is 1. The van der Waals surface area contributed by atoms with Crippen molar-refractivity contribution >= 4 is 23.8 Å². The van der Waals surface area contributed by atoms with E-state index in [0.717, 1.165) is 5.56 Å². The Balaban J connectivity index is 1.82. The zero-order valence-corrected chi connectivity index (χ0v) is 17.1. The number of hydrogen-bond donors (Lipinski definition) is 0. The van der Waals surface area contributed by atoms with Crippen molar-refractivity contribution in [3.05, 3.63) is 42.0 Å². The van der Waals surface area contributed by atoms with E-state index < -0.39 is 0 Å². The highest BCUT2D eigenvalue weighted by Gasteiger charge is 2.29. The second-order valence-corrected chi connectivity index (χ2v) is 7.10. The number of nitrogens with zero attached hydrogens (tertiary/aromatic N) is 3. The van der Waals surface area contributed by atoms with E-state index >= 15 is 0 Å². The Bertz CT molecular complexity index is 690. The third-order valence-electron chi connectivity index (χ3n) is 5.24. The standard InChI is InChI=1S/C22H31N3O3/c1-4-24(5-2)21(27)17-23(3)22(28)19-13-15-25(16-14-19)20(26)12-11-18-9-7-6-8-10-18/h6-12,19H,4-5,13-17H2,1-3H3/b12-11+. The predicted molar refractivity (Wildman–Crippen MR) is 110 cm³/mol. The van der Waals surface area contributed by atoms with Gasteiger partial charge in [0, 0.05) is 45.2 Å². The molecule has 1 saturated heterocycles. The Morgan fingerprint density at radius 3 is 2.25 bits per heavy atom. The summed E-state index contributed by atoms with van der Waals surface area (Å²) in [6.07, 6.45) is 4.67. The first-order valence-electron chi connectivity index (χ1n) is 10.0. The predicted octanol–water partition coefficient (Wildman–Crippen LogP) is 2.27. The highest BCUT2D eigenvalue weighted by Crippen LogP contribution is 2.20. The van der Waals surface area contributed by atoms with Gasteiger partial charge in [-0.1, -0.05) is 30.3 Å². The van der Waals surface area contributed by atoms with Crippen LogP contribution in [0, 0.1) is 5.92 Å². The van der Waals surface area contributed by atoms with Gasteiger partial charge in [-0.2, -0.15) is 0 Å². The minimum Gasteiger partial charge on any atom is -0.342 e. The van der Waals surface area contributed by atoms with Crippen LogP contribution in [0.25, 0.3) is 6.08 Å². The summed E-state index contributed by atoms with van der Waals surface area (Å²) in [5, 5.41) is 0. The van der Waals surface area contributed by atoms with Gasteiger partial charge >= 0.3 is 0 Å². The largest absolute Gasteiger partial charge is 0.342 e. The first-order chi connectivity index (χ1) is 13.5. The van der Waals surface area contributed by atoms with Crippen molar-refractivity contribution in [2.24, 2.45) is 5.92 Å². The highest BCUT2D eigenvalue weighted by molar-refractivity contribution is 5.92. The number of carbonyl (C=O) groups is 3. The van der Waals surface area contributed by atoms with Crippen LogP contribution in [0.5, 0.6) is 0 Å². The first-order valence-corrected chi connectivity index (χ1v) is 10.0. The molecule has 0 atom stereocenters. The van der Waals surface area contributed by atoms with Crippen LogP contribution < -0.4 is 0 Å². The van der Waals surface area contributed by atoms with Gasteiger partial charge in [-0.15, -0.1) is 0 Å². The molecule has 1 fully saturated rings. The topological polar surface area (TPSA) is 60.9 Å². The molecule has 3 amide bonds. The zero-order valence-electron chi connectivity index (χ0n) is 17.1. The number of likely N-dealkylation sites (N-methyl/N-ethyl adjacent to an activating group) is 2. The zero-order chi connectivity index (χ0) is 20.5. The molecule has 1 aliphatic heterocycles. The molecular formula is C22H31N3O3. The van der Waals surface area contributed by atoms with Gasteiger partial charge in [-0.05, 0) is 38.3 Å². The van der Waals surface area contributed by atoms with Crippen molar-refractivity contribution in [3.63, 3.8) is 0 Å². The van der Waals surface area contributed by atoms with Crippen LogP contribution >= 0.6 is 0 Å². The number of piperidine rings is 1. The molecule has 0 N–H and O–H groups in total. The van der Waals surface area contributed by atoms with Gasteiger partial charge in [0.1, 0.15) is 0 Å². The Kier molecular flexibility index (Phi) is 8.23. The molecule has 6 heteroatoms. The van der Waals surface area contributed by atoms with Gasteiger partial charge in [-0.3, -0.25) is 14.4 Å². The van der Waals surface area contributed by atoms with Crippen LogP contribution in [0.1, 0.15) is 32.3 Å². The summed E-state index contributed by atoms with van der Waals surface area (Å²) in [6.45, 7) is 6.39. The molecule has 0 radical (unpaired) electrons. The Labute approximate surface area is 167 Å². The Morgan fingerprint density at radius 2 is 1.68 bits per heavy atom. The molecule has 0 aromatic heterocycles. The van der Waals surface area contributed by atoms with Gasteiger partial charge in [0.05, 0.1) is 6.54 Å². The van der Waals surface area contributed by atoms with E-state index in [1.54, 1.807) is 22.9 Å². The summed E-state index contributed by atoms with van der Waals surface area (Å²) in [7, 11) is 1.68. The Morgan fingerprint density at radius 1 is 1.07 bits per heavy atom. The maximum atomic E-state index is 12.7. The summed E-state index contributed by atoms with van der Waals surface area (Å²) in [5.74, 6) is -0.191. The van der Waals surface area contributed by atoms with Gasteiger partial charge in [-0.25, -0.2) is 0 Å². The number of rotatable bonds is 7. The van der Waals surface area contributed by atoms with Crippen molar-refractivity contribution in [2.45, 2.75) is 26.7 Å². The Hall–Kier alpha value is -2.63. The fourth-order valence-electron chi connectivity index (χ4n) is 3.45. The van der Waals surface area contributed by atoms with Gasteiger partial charge in [0.25, 0.3) is 0 Å². The van der Waals surface area contributed by atoms with E-state index in [1.165, 1.54) is 4.90 Å². The fourth-order valence-corrected chi connectivity index (χ4v) is 3.45. The summed E-state index contributed by atoms with van der Waals surface area (Å²) >= 11 is 0. The van der Waals surface area contributed by atoms with Gasteiger partial charge < -0.3 is 14.7 Å². The van der Waals surface area contributed by atoms with Gasteiger partial charge in [0.2, 0.25) is 17.7 Å². The van der Waals surface area contributed by atoms with Crippen molar-refractivity contribution in [2.75, 3.05) is 39.8 Å². The maximum Gasteiger partial charge on any atom is 0.246 e. The van der Waals surface area contributed by atoms with E-state index in [2.05, 4.69) is 0 Å². The lowest BCUT2D eigenvalue weighted by molar-refractivity contribution is -0.143. The lowest BCUT2D eigenvalue weighted by Crippen LogP contribution is -2.46. The molecule has 0 unspecified atom stereocenters. The molecule has 152 valence electrons.